The smallest absolute Gasteiger partial charge is 0.400 e. The molecular formula is C6H9F3O3. The molecule has 6 heteroatoms. The maximum atomic E-state index is 12.7. The Morgan fingerprint density at radius 2 is 1.92 bits per heavy atom. The van der Waals surface area contributed by atoms with Crippen LogP contribution in [-0.4, -0.2) is 29.5 Å². The van der Waals surface area contributed by atoms with Gasteiger partial charge < -0.3 is 9.84 Å². The van der Waals surface area contributed by atoms with Crippen molar-refractivity contribution < 1.29 is 27.8 Å². The van der Waals surface area contributed by atoms with Gasteiger partial charge in [0.1, 0.15) is 0 Å². The van der Waals surface area contributed by atoms with Crippen LogP contribution in [-0.2, 0) is 9.53 Å². The molecule has 0 saturated carbocycles. The van der Waals surface area contributed by atoms with E-state index in [4.69, 9.17) is 5.11 Å². The number of ether oxygens (including phenoxy) is 1. The molecule has 0 radical (unpaired) electrons. The summed E-state index contributed by atoms with van der Waals surface area (Å²) in [6.45, 7) is 1.01. The monoisotopic (exact) mass is 186 g/mol. The molecule has 0 heterocycles. The van der Waals surface area contributed by atoms with Crippen LogP contribution < -0.4 is 0 Å². The van der Waals surface area contributed by atoms with Crippen molar-refractivity contribution in [2.45, 2.75) is 25.6 Å². The molecule has 0 aliphatic carbocycles. The van der Waals surface area contributed by atoms with Gasteiger partial charge in [0.05, 0.1) is 6.61 Å². The van der Waals surface area contributed by atoms with Crippen LogP contribution in [0.1, 0.15) is 13.8 Å². The summed E-state index contributed by atoms with van der Waals surface area (Å²) >= 11 is 0. The van der Waals surface area contributed by atoms with Crippen molar-refractivity contribution in [3.05, 3.63) is 0 Å². The zero-order chi connectivity index (χ0) is 9.99. The standard InChI is InChI=1S/C6H9F3O3/c1-3-12-6(8,9)5(2,7)4(10)11/h3H2,1-2H3,(H,10,11). The van der Waals surface area contributed by atoms with E-state index in [-0.39, 0.29) is 6.92 Å². The van der Waals surface area contributed by atoms with Gasteiger partial charge in [0, 0.05) is 0 Å². The molecule has 0 aromatic heterocycles. The van der Waals surface area contributed by atoms with Gasteiger partial charge >= 0.3 is 12.1 Å². The summed E-state index contributed by atoms with van der Waals surface area (Å²) in [6.07, 6.45) is -4.30. The second-order valence-corrected chi connectivity index (χ2v) is 2.26. The molecule has 12 heavy (non-hydrogen) atoms. The van der Waals surface area contributed by atoms with E-state index in [1.54, 1.807) is 0 Å². The van der Waals surface area contributed by atoms with Gasteiger partial charge in [-0.1, -0.05) is 0 Å². The maximum absolute atomic E-state index is 12.7. The minimum absolute atomic E-state index is 0.255. The molecule has 0 rings (SSSR count). The van der Waals surface area contributed by atoms with Crippen molar-refractivity contribution in [1.29, 1.82) is 0 Å². The van der Waals surface area contributed by atoms with E-state index >= 15 is 0 Å². The third kappa shape index (κ3) is 1.88. The van der Waals surface area contributed by atoms with Crippen molar-refractivity contribution in [3.63, 3.8) is 0 Å². The number of carboxylic acid groups (broad SMARTS) is 1. The summed E-state index contributed by atoms with van der Waals surface area (Å²) in [4.78, 5) is 10.0. The van der Waals surface area contributed by atoms with E-state index in [0.29, 0.717) is 0 Å². The average Bonchev–Trinajstić information content (AvgIpc) is 1.86. The van der Waals surface area contributed by atoms with Crippen LogP contribution in [0.25, 0.3) is 0 Å². The molecule has 0 amide bonds. The Bertz CT molecular complexity index is 179. The lowest BCUT2D eigenvalue weighted by Gasteiger charge is -2.25. The normalized spacial score (nSPS) is 17.1. The lowest BCUT2D eigenvalue weighted by molar-refractivity contribution is -0.298. The van der Waals surface area contributed by atoms with Gasteiger partial charge in [0.25, 0.3) is 5.67 Å². The highest BCUT2D eigenvalue weighted by Crippen LogP contribution is 2.33. The number of aliphatic carboxylic acids is 1. The van der Waals surface area contributed by atoms with Crippen molar-refractivity contribution in [3.8, 4) is 0 Å². The Hall–Kier alpha value is -0.780. The Morgan fingerprint density at radius 3 is 2.17 bits per heavy atom. The van der Waals surface area contributed by atoms with Crippen LogP contribution in [0, 0.1) is 0 Å². The minimum atomic E-state index is -4.30. The van der Waals surface area contributed by atoms with E-state index < -0.39 is 24.4 Å². The Balaban J connectivity index is 4.62. The van der Waals surface area contributed by atoms with E-state index in [2.05, 4.69) is 4.74 Å². The second kappa shape index (κ2) is 3.30. The highest BCUT2D eigenvalue weighted by Gasteiger charge is 2.58. The fraction of sp³-hybridized carbons (Fsp3) is 0.833. The van der Waals surface area contributed by atoms with Crippen molar-refractivity contribution in [2.75, 3.05) is 6.61 Å². The molecule has 0 aromatic rings. The van der Waals surface area contributed by atoms with E-state index in [9.17, 15) is 18.0 Å². The Kier molecular flexibility index (Phi) is 3.09. The SMILES string of the molecule is CCOC(F)(F)C(C)(F)C(=O)O. The van der Waals surface area contributed by atoms with Crippen LogP contribution >= 0.6 is 0 Å². The fourth-order valence-corrected chi connectivity index (χ4v) is 0.441. The molecule has 0 fully saturated rings. The summed E-state index contributed by atoms with van der Waals surface area (Å²) in [5.74, 6) is -2.25. The molecule has 0 spiro atoms. The third-order valence-corrected chi connectivity index (χ3v) is 1.27. The lowest BCUT2D eigenvalue weighted by Crippen LogP contribution is -2.49. The molecule has 0 bridgehead atoms. The van der Waals surface area contributed by atoms with Crippen LogP contribution in [0.5, 0.6) is 0 Å². The van der Waals surface area contributed by atoms with E-state index in [0.717, 1.165) is 0 Å². The van der Waals surface area contributed by atoms with Crippen LogP contribution in [0.15, 0.2) is 0 Å². The second-order valence-electron chi connectivity index (χ2n) is 2.26. The first-order valence-electron chi connectivity index (χ1n) is 3.19. The number of alkyl halides is 3. The predicted octanol–water partition coefficient (Wildman–Crippen LogP) is 1.43. The summed E-state index contributed by atoms with van der Waals surface area (Å²) in [7, 11) is 0. The first-order valence-corrected chi connectivity index (χ1v) is 3.19. The number of hydrogen-bond acceptors (Lipinski definition) is 2. The van der Waals surface area contributed by atoms with Crippen molar-refractivity contribution >= 4 is 5.97 Å². The Labute approximate surface area is 67.1 Å². The number of halogens is 3. The van der Waals surface area contributed by atoms with Gasteiger partial charge in [-0.25, -0.2) is 9.18 Å². The molecule has 0 aromatic carbocycles. The fourth-order valence-electron chi connectivity index (χ4n) is 0.441. The van der Waals surface area contributed by atoms with Gasteiger partial charge in [-0.2, -0.15) is 8.78 Å². The van der Waals surface area contributed by atoms with Gasteiger partial charge in [0.2, 0.25) is 0 Å². The van der Waals surface area contributed by atoms with Crippen LogP contribution in [0.3, 0.4) is 0 Å². The number of rotatable bonds is 4. The summed E-state index contributed by atoms with van der Waals surface area (Å²) in [5.41, 5.74) is -3.69. The quantitative estimate of drug-likeness (QED) is 0.722. The third-order valence-electron chi connectivity index (χ3n) is 1.27. The lowest BCUT2D eigenvalue weighted by atomic mass is 10.1. The summed E-state index contributed by atoms with van der Waals surface area (Å²) in [6, 6.07) is 0. The molecule has 72 valence electrons. The molecular weight excluding hydrogens is 177 g/mol. The van der Waals surface area contributed by atoms with Gasteiger partial charge in [-0.3, -0.25) is 0 Å². The van der Waals surface area contributed by atoms with E-state index in [1.807, 2.05) is 0 Å². The number of carbonyl (C=O) groups is 1. The molecule has 1 N–H and O–H groups in total. The molecule has 1 unspecified atom stereocenters. The molecule has 0 saturated heterocycles. The van der Waals surface area contributed by atoms with Gasteiger partial charge in [0.15, 0.2) is 0 Å². The van der Waals surface area contributed by atoms with Crippen molar-refractivity contribution in [2.24, 2.45) is 0 Å². The highest BCUT2D eigenvalue weighted by atomic mass is 19.3. The molecule has 0 aliphatic heterocycles. The molecule has 1 atom stereocenters. The van der Waals surface area contributed by atoms with Crippen molar-refractivity contribution in [1.82, 2.24) is 0 Å². The summed E-state index contributed by atoms with van der Waals surface area (Å²) < 4.78 is 41.3. The largest absolute Gasteiger partial charge is 0.479 e. The number of carboxylic acids is 1. The van der Waals surface area contributed by atoms with Gasteiger partial charge in [-0.05, 0) is 13.8 Å². The maximum Gasteiger partial charge on any atom is 0.400 e. The van der Waals surface area contributed by atoms with E-state index in [1.165, 1.54) is 6.92 Å². The zero-order valence-corrected chi connectivity index (χ0v) is 6.60. The minimum Gasteiger partial charge on any atom is -0.479 e. The number of hydrogen-bond donors (Lipinski definition) is 1. The van der Waals surface area contributed by atoms with Crippen LogP contribution in [0.2, 0.25) is 0 Å². The average molecular weight is 186 g/mol. The van der Waals surface area contributed by atoms with Gasteiger partial charge in [-0.15, -0.1) is 0 Å². The molecule has 3 nitrogen and oxygen atoms in total. The zero-order valence-electron chi connectivity index (χ0n) is 6.60. The first-order chi connectivity index (χ1) is 5.25. The summed E-state index contributed by atoms with van der Waals surface area (Å²) in [5, 5.41) is 8.07. The van der Waals surface area contributed by atoms with Crippen LogP contribution in [0.4, 0.5) is 13.2 Å². The topological polar surface area (TPSA) is 46.5 Å². The first kappa shape index (κ1) is 11.2. The molecule has 0 aliphatic rings. The highest BCUT2D eigenvalue weighted by molar-refractivity contribution is 5.77. The Morgan fingerprint density at radius 1 is 1.50 bits per heavy atom. The predicted molar refractivity (Wildman–Crippen MR) is 33.7 cm³/mol.